The van der Waals surface area contributed by atoms with Gasteiger partial charge in [-0.3, -0.25) is 0 Å². The lowest BCUT2D eigenvalue weighted by atomic mass is 10.2. The zero-order valence-electron chi connectivity index (χ0n) is 13.9. The number of halogens is 2. The van der Waals surface area contributed by atoms with Crippen LogP contribution < -0.4 is 15.6 Å². The molecule has 5 heteroatoms. The molecule has 2 rings (SSSR count). The molecule has 0 saturated heterocycles. The SMILES string of the molecule is CCCCCCOc1c(F)cc(CNNc2ccccc2)cc1F. The second kappa shape index (κ2) is 9.88. The van der Waals surface area contributed by atoms with Crippen molar-refractivity contribution in [3.05, 3.63) is 59.7 Å². The van der Waals surface area contributed by atoms with Crippen molar-refractivity contribution in [1.82, 2.24) is 5.43 Å². The number of benzene rings is 2. The number of anilines is 1. The summed E-state index contributed by atoms with van der Waals surface area (Å²) >= 11 is 0. The van der Waals surface area contributed by atoms with E-state index in [9.17, 15) is 8.78 Å². The molecular formula is C19H24F2N2O. The third kappa shape index (κ3) is 5.81. The van der Waals surface area contributed by atoms with Crippen LogP contribution in [-0.2, 0) is 6.54 Å². The van der Waals surface area contributed by atoms with Crippen LogP contribution in [0.5, 0.6) is 5.75 Å². The summed E-state index contributed by atoms with van der Waals surface area (Å²) in [6, 6.07) is 12.1. The summed E-state index contributed by atoms with van der Waals surface area (Å²) in [7, 11) is 0. The van der Waals surface area contributed by atoms with Crippen molar-refractivity contribution in [3.8, 4) is 5.75 Å². The van der Waals surface area contributed by atoms with Gasteiger partial charge in [0.25, 0.3) is 0 Å². The van der Waals surface area contributed by atoms with Crippen LogP contribution in [-0.4, -0.2) is 6.61 Å². The minimum Gasteiger partial charge on any atom is -0.488 e. The van der Waals surface area contributed by atoms with Crippen molar-refractivity contribution in [1.29, 1.82) is 0 Å². The highest BCUT2D eigenvalue weighted by Gasteiger charge is 2.12. The van der Waals surface area contributed by atoms with E-state index in [2.05, 4.69) is 17.8 Å². The molecule has 2 N–H and O–H groups in total. The number of unbranched alkanes of at least 4 members (excludes halogenated alkanes) is 3. The summed E-state index contributed by atoms with van der Waals surface area (Å²) in [5, 5.41) is 0. The number of nitrogens with one attached hydrogen (secondary N) is 2. The molecule has 0 fully saturated rings. The third-order valence-corrected chi connectivity index (χ3v) is 3.60. The molecule has 0 atom stereocenters. The molecule has 0 saturated carbocycles. The molecule has 3 nitrogen and oxygen atoms in total. The molecule has 0 aliphatic heterocycles. The van der Waals surface area contributed by atoms with Gasteiger partial charge in [0.15, 0.2) is 17.4 Å². The number of hydrazine groups is 1. The maximum absolute atomic E-state index is 14.0. The fourth-order valence-corrected chi connectivity index (χ4v) is 2.33. The number of hydrogen-bond acceptors (Lipinski definition) is 3. The van der Waals surface area contributed by atoms with Crippen molar-refractivity contribution < 1.29 is 13.5 Å². The predicted octanol–water partition coefficient (Wildman–Crippen LogP) is 5.04. The van der Waals surface area contributed by atoms with E-state index in [1.54, 1.807) is 0 Å². The monoisotopic (exact) mass is 334 g/mol. The van der Waals surface area contributed by atoms with Gasteiger partial charge in [-0.15, -0.1) is 0 Å². The topological polar surface area (TPSA) is 33.3 Å². The number of hydrogen-bond donors (Lipinski definition) is 2. The third-order valence-electron chi connectivity index (χ3n) is 3.60. The van der Waals surface area contributed by atoms with Crippen molar-refractivity contribution >= 4 is 5.69 Å². The molecule has 0 amide bonds. The molecule has 0 spiro atoms. The normalized spacial score (nSPS) is 10.6. The van der Waals surface area contributed by atoms with Gasteiger partial charge in [-0.05, 0) is 36.2 Å². The van der Waals surface area contributed by atoms with Crippen LogP contribution >= 0.6 is 0 Å². The highest BCUT2D eigenvalue weighted by molar-refractivity contribution is 5.41. The molecule has 0 heterocycles. The standard InChI is InChI=1S/C19H24F2N2O/c1-2-3-4-8-11-24-19-17(20)12-15(13-18(19)21)14-22-23-16-9-6-5-7-10-16/h5-7,9-10,12-13,22-23H,2-4,8,11,14H2,1H3. The van der Waals surface area contributed by atoms with Gasteiger partial charge < -0.3 is 10.2 Å². The zero-order chi connectivity index (χ0) is 17.2. The molecule has 0 radical (unpaired) electrons. The number of rotatable bonds is 10. The first-order chi connectivity index (χ1) is 11.7. The summed E-state index contributed by atoms with van der Waals surface area (Å²) in [5.74, 6) is -1.62. The van der Waals surface area contributed by atoms with Crippen LogP contribution in [0.3, 0.4) is 0 Å². The van der Waals surface area contributed by atoms with Gasteiger partial charge in [0, 0.05) is 12.2 Å². The first kappa shape index (κ1) is 18.2. The Morgan fingerprint density at radius 3 is 2.33 bits per heavy atom. The minimum atomic E-state index is -0.665. The minimum absolute atomic E-state index is 0.286. The molecule has 0 aliphatic rings. The van der Waals surface area contributed by atoms with Crippen LogP contribution in [0, 0.1) is 11.6 Å². The van der Waals surface area contributed by atoms with Crippen molar-refractivity contribution in [2.45, 2.75) is 39.2 Å². The van der Waals surface area contributed by atoms with Gasteiger partial charge in [0.2, 0.25) is 0 Å². The Labute approximate surface area is 142 Å². The van der Waals surface area contributed by atoms with Gasteiger partial charge in [-0.1, -0.05) is 44.4 Å². The summed E-state index contributed by atoms with van der Waals surface area (Å²) in [5.41, 5.74) is 7.29. The van der Waals surface area contributed by atoms with Gasteiger partial charge >= 0.3 is 0 Å². The molecule has 24 heavy (non-hydrogen) atoms. The van der Waals surface area contributed by atoms with Crippen molar-refractivity contribution in [2.75, 3.05) is 12.0 Å². The van der Waals surface area contributed by atoms with Gasteiger partial charge in [-0.25, -0.2) is 14.2 Å². The van der Waals surface area contributed by atoms with Crippen LogP contribution in [0.1, 0.15) is 38.2 Å². The van der Waals surface area contributed by atoms with Crippen LogP contribution in [0.25, 0.3) is 0 Å². The average molecular weight is 334 g/mol. The largest absolute Gasteiger partial charge is 0.488 e. The van der Waals surface area contributed by atoms with Crippen molar-refractivity contribution in [3.63, 3.8) is 0 Å². The number of para-hydroxylation sites is 1. The fraction of sp³-hybridized carbons (Fsp3) is 0.368. The Hall–Kier alpha value is -2.14. The summed E-state index contributed by atoms with van der Waals surface area (Å²) < 4.78 is 33.3. The molecule has 0 aliphatic carbocycles. The Balaban J connectivity index is 1.84. The van der Waals surface area contributed by atoms with Gasteiger partial charge in [-0.2, -0.15) is 0 Å². The lowest BCUT2D eigenvalue weighted by Gasteiger charge is -2.12. The van der Waals surface area contributed by atoms with Crippen molar-refractivity contribution in [2.24, 2.45) is 0 Å². The van der Waals surface area contributed by atoms with Crippen LogP contribution in [0.15, 0.2) is 42.5 Å². The quantitative estimate of drug-likeness (QED) is 0.472. The molecule has 2 aromatic rings. The van der Waals surface area contributed by atoms with E-state index in [0.717, 1.165) is 31.4 Å². The molecule has 2 aromatic carbocycles. The maximum atomic E-state index is 14.0. The zero-order valence-corrected chi connectivity index (χ0v) is 13.9. The predicted molar refractivity (Wildman–Crippen MR) is 92.9 cm³/mol. The molecule has 130 valence electrons. The lowest BCUT2D eigenvalue weighted by Crippen LogP contribution is -2.21. The smallest absolute Gasteiger partial charge is 0.190 e. The number of ether oxygens (including phenoxy) is 1. The lowest BCUT2D eigenvalue weighted by molar-refractivity contribution is 0.275. The van der Waals surface area contributed by atoms with E-state index in [1.165, 1.54) is 12.1 Å². The van der Waals surface area contributed by atoms with E-state index in [4.69, 9.17) is 4.74 Å². The highest BCUT2D eigenvalue weighted by atomic mass is 19.1. The first-order valence-corrected chi connectivity index (χ1v) is 8.35. The molecular weight excluding hydrogens is 310 g/mol. The van der Waals surface area contributed by atoms with E-state index in [0.29, 0.717) is 18.7 Å². The van der Waals surface area contributed by atoms with Crippen LogP contribution in [0.4, 0.5) is 14.5 Å². The second-order valence-corrected chi connectivity index (χ2v) is 5.64. The Bertz CT molecular complexity index is 597. The summed E-state index contributed by atoms with van der Waals surface area (Å²) in [4.78, 5) is 0. The fourth-order valence-electron chi connectivity index (χ4n) is 2.33. The second-order valence-electron chi connectivity index (χ2n) is 5.64. The Morgan fingerprint density at radius 1 is 0.958 bits per heavy atom. The first-order valence-electron chi connectivity index (χ1n) is 8.35. The van der Waals surface area contributed by atoms with E-state index < -0.39 is 11.6 Å². The average Bonchev–Trinajstić information content (AvgIpc) is 2.58. The summed E-state index contributed by atoms with van der Waals surface area (Å²) in [6.45, 7) is 2.74. The van der Waals surface area contributed by atoms with E-state index >= 15 is 0 Å². The van der Waals surface area contributed by atoms with E-state index in [1.807, 2.05) is 30.3 Å². The molecule has 0 aromatic heterocycles. The van der Waals surface area contributed by atoms with E-state index in [-0.39, 0.29) is 5.75 Å². The summed E-state index contributed by atoms with van der Waals surface area (Å²) in [6.07, 6.45) is 4.03. The molecule has 0 bridgehead atoms. The van der Waals surface area contributed by atoms with Gasteiger partial charge in [0.1, 0.15) is 0 Å². The van der Waals surface area contributed by atoms with Gasteiger partial charge in [0.05, 0.1) is 6.61 Å². The Morgan fingerprint density at radius 2 is 1.67 bits per heavy atom. The molecule has 0 unspecified atom stereocenters. The highest BCUT2D eigenvalue weighted by Crippen LogP contribution is 2.23. The van der Waals surface area contributed by atoms with Crippen LogP contribution in [0.2, 0.25) is 0 Å². The maximum Gasteiger partial charge on any atom is 0.190 e. The Kier molecular flexibility index (Phi) is 7.49.